The molecule has 0 aliphatic heterocycles. The minimum atomic E-state index is 0.294. The highest BCUT2D eigenvalue weighted by molar-refractivity contribution is 7.99. The van der Waals surface area contributed by atoms with Crippen LogP contribution < -0.4 is 10.6 Å². The van der Waals surface area contributed by atoms with E-state index in [0.717, 1.165) is 18.1 Å². The van der Waals surface area contributed by atoms with Crippen molar-refractivity contribution in [2.24, 2.45) is 0 Å². The average molecular weight is 307 g/mol. The van der Waals surface area contributed by atoms with Crippen molar-refractivity contribution in [1.82, 2.24) is 24.5 Å². The Labute approximate surface area is 129 Å². The largest absolute Gasteiger partial charge is 0.354 e. The number of nitrogens with zero attached hydrogens (tertiary/aromatic N) is 5. The fraction of sp³-hybridized carbons (Fsp3) is 0.538. The predicted octanol–water partition coefficient (Wildman–Crippen LogP) is 2.04. The average Bonchev–Trinajstić information content (AvgIpc) is 2.99. The zero-order valence-corrected chi connectivity index (χ0v) is 13.4. The van der Waals surface area contributed by atoms with Crippen molar-refractivity contribution in [3.8, 4) is 5.95 Å². The van der Waals surface area contributed by atoms with Gasteiger partial charge >= 0.3 is 0 Å². The Bertz CT molecular complexity index is 543. The summed E-state index contributed by atoms with van der Waals surface area (Å²) in [6.07, 6.45) is 5.18. The number of aromatic nitrogens is 5. The lowest BCUT2D eigenvalue weighted by Crippen LogP contribution is -2.21. The van der Waals surface area contributed by atoms with Gasteiger partial charge in [0.15, 0.2) is 0 Å². The number of rotatable bonds is 8. The van der Waals surface area contributed by atoms with Crippen LogP contribution in [0.1, 0.15) is 20.8 Å². The van der Waals surface area contributed by atoms with Gasteiger partial charge in [-0.25, -0.2) is 4.98 Å². The van der Waals surface area contributed by atoms with Crippen molar-refractivity contribution in [3.63, 3.8) is 0 Å². The third-order valence-electron chi connectivity index (χ3n) is 2.64. The summed E-state index contributed by atoms with van der Waals surface area (Å²) in [7, 11) is 0. The standard InChI is InChI=1S/C13H21N7S/c1-4-15-11-17-12(16-10(3)8-21-5-2)19-13(18-11)20-7-6-14-9-20/h6-7,9-10H,4-5,8H2,1-3H3,(H2,15,16,17,18,19). The van der Waals surface area contributed by atoms with Crippen molar-refractivity contribution in [1.29, 1.82) is 0 Å². The minimum Gasteiger partial charge on any atom is -0.354 e. The number of imidazole rings is 1. The van der Waals surface area contributed by atoms with Crippen molar-refractivity contribution in [2.75, 3.05) is 28.7 Å². The van der Waals surface area contributed by atoms with E-state index in [9.17, 15) is 0 Å². The van der Waals surface area contributed by atoms with Crippen LogP contribution in [0.4, 0.5) is 11.9 Å². The molecule has 0 saturated heterocycles. The third kappa shape index (κ3) is 4.59. The first-order valence-electron chi connectivity index (χ1n) is 7.05. The first-order valence-corrected chi connectivity index (χ1v) is 8.21. The molecule has 0 aliphatic rings. The molecule has 2 N–H and O–H groups in total. The Hall–Kier alpha value is -1.83. The molecule has 8 heteroatoms. The Balaban J connectivity index is 2.19. The molecular formula is C13H21N7S. The summed E-state index contributed by atoms with van der Waals surface area (Å²) >= 11 is 1.89. The van der Waals surface area contributed by atoms with E-state index in [1.807, 2.05) is 24.9 Å². The molecule has 0 amide bonds. The highest BCUT2D eigenvalue weighted by atomic mass is 32.2. The summed E-state index contributed by atoms with van der Waals surface area (Å²) in [5.74, 6) is 3.81. The van der Waals surface area contributed by atoms with Crippen LogP contribution >= 0.6 is 11.8 Å². The fourth-order valence-corrected chi connectivity index (χ4v) is 2.39. The maximum absolute atomic E-state index is 4.45. The summed E-state index contributed by atoms with van der Waals surface area (Å²) < 4.78 is 1.76. The zero-order chi connectivity index (χ0) is 15.1. The molecule has 2 aromatic rings. The lowest BCUT2D eigenvalue weighted by Gasteiger charge is -2.14. The number of hydrogen-bond acceptors (Lipinski definition) is 7. The molecule has 2 rings (SSSR count). The van der Waals surface area contributed by atoms with Gasteiger partial charge in [-0.05, 0) is 19.6 Å². The second-order valence-electron chi connectivity index (χ2n) is 4.49. The quantitative estimate of drug-likeness (QED) is 0.772. The molecule has 2 aromatic heterocycles. The third-order valence-corrected chi connectivity index (χ3v) is 3.79. The van der Waals surface area contributed by atoms with Gasteiger partial charge in [0.2, 0.25) is 17.8 Å². The molecule has 114 valence electrons. The van der Waals surface area contributed by atoms with Gasteiger partial charge in [0.05, 0.1) is 0 Å². The van der Waals surface area contributed by atoms with Crippen molar-refractivity contribution in [3.05, 3.63) is 18.7 Å². The smallest absolute Gasteiger partial charge is 0.241 e. The highest BCUT2D eigenvalue weighted by Gasteiger charge is 2.10. The number of hydrogen-bond donors (Lipinski definition) is 2. The van der Waals surface area contributed by atoms with Crippen LogP contribution in [0.5, 0.6) is 0 Å². The van der Waals surface area contributed by atoms with Crippen LogP contribution in [0.2, 0.25) is 0 Å². The molecule has 0 aromatic carbocycles. The molecule has 1 unspecified atom stereocenters. The molecule has 2 heterocycles. The fourth-order valence-electron chi connectivity index (χ4n) is 1.72. The Morgan fingerprint density at radius 3 is 2.71 bits per heavy atom. The van der Waals surface area contributed by atoms with Crippen LogP contribution in [-0.4, -0.2) is 48.6 Å². The SMILES string of the molecule is CCNc1nc(NC(C)CSCC)nc(-n2ccnc2)n1. The predicted molar refractivity (Wildman–Crippen MR) is 87.2 cm³/mol. The van der Waals surface area contributed by atoms with E-state index < -0.39 is 0 Å². The topological polar surface area (TPSA) is 80.5 Å². The van der Waals surface area contributed by atoms with Gasteiger partial charge in [-0.2, -0.15) is 26.7 Å². The normalized spacial score (nSPS) is 12.1. The Kier molecular flexibility index (Phi) is 5.79. The molecule has 7 nitrogen and oxygen atoms in total. The van der Waals surface area contributed by atoms with Crippen LogP contribution in [-0.2, 0) is 0 Å². The number of nitrogens with one attached hydrogen (secondary N) is 2. The van der Waals surface area contributed by atoms with Gasteiger partial charge in [-0.3, -0.25) is 4.57 Å². The van der Waals surface area contributed by atoms with Crippen LogP contribution in [0.25, 0.3) is 5.95 Å². The summed E-state index contributed by atoms with van der Waals surface area (Å²) in [6.45, 7) is 7.04. The van der Waals surface area contributed by atoms with Gasteiger partial charge < -0.3 is 10.6 Å². The molecule has 0 saturated carbocycles. The molecular weight excluding hydrogens is 286 g/mol. The van der Waals surface area contributed by atoms with Gasteiger partial charge in [0.1, 0.15) is 6.33 Å². The van der Waals surface area contributed by atoms with Gasteiger partial charge in [-0.1, -0.05) is 6.92 Å². The zero-order valence-electron chi connectivity index (χ0n) is 12.6. The second kappa shape index (κ2) is 7.82. The lowest BCUT2D eigenvalue weighted by molar-refractivity contribution is 0.848. The molecule has 0 fully saturated rings. The highest BCUT2D eigenvalue weighted by Crippen LogP contribution is 2.11. The molecule has 1 atom stereocenters. The summed E-state index contributed by atoms with van der Waals surface area (Å²) in [4.78, 5) is 17.2. The van der Waals surface area contributed by atoms with E-state index in [4.69, 9.17) is 0 Å². The Morgan fingerprint density at radius 1 is 1.24 bits per heavy atom. The van der Waals surface area contributed by atoms with E-state index in [-0.39, 0.29) is 0 Å². The molecule has 0 aliphatic carbocycles. The van der Waals surface area contributed by atoms with Crippen molar-refractivity contribution >= 4 is 23.7 Å². The second-order valence-corrected chi connectivity index (χ2v) is 5.81. The van der Waals surface area contributed by atoms with Gasteiger partial charge in [-0.15, -0.1) is 0 Å². The Morgan fingerprint density at radius 2 is 2.05 bits per heavy atom. The van der Waals surface area contributed by atoms with E-state index >= 15 is 0 Å². The van der Waals surface area contributed by atoms with Crippen LogP contribution in [0, 0.1) is 0 Å². The van der Waals surface area contributed by atoms with Crippen LogP contribution in [0.15, 0.2) is 18.7 Å². The first kappa shape index (κ1) is 15.6. The molecule has 0 spiro atoms. The summed E-state index contributed by atoms with van der Waals surface area (Å²) in [5.41, 5.74) is 0. The molecule has 0 radical (unpaired) electrons. The molecule has 21 heavy (non-hydrogen) atoms. The van der Waals surface area contributed by atoms with Gasteiger partial charge in [0.25, 0.3) is 0 Å². The van der Waals surface area contributed by atoms with Crippen LogP contribution in [0.3, 0.4) is 0 Å². The minimum absolute atomic E-state index is 0.294. The number of anilines is 2. The van der Waals surface area contributed by atoms with Gasteiger partial charge in [0, 0.05) is 30.7 Å². The monoisotopic (exact) mass is 307 g/mol. The maximum Gasteiger partial charge on any atom is 0.241 e. The number of thioether (sulfide) groups is 1. The first-order chi connectivity index (χ1) is 10.2. The molecule has 0 bridgehead atoms. The van der Waals surface area contributed by atoms with Crippen molar-refractivity contribution in [2.45, 2.75) is 26.8 Å². The van der Waals surface area contributed by atoms with Crippen molar-refractivity contribution < 1.29 is 0 Å². The van der Waals surface area contributed by atoms with E-state index in [1.54, 1.807) is 17.1 Å². The lowest BCUT2D eigenvalue weighted by atomic mass is 10.4. The summed E-state index contributed by atoms with van der Waals surface area (Å²) in [6, 6.07) is 0.294. The van der Waals surface area contributed by atoms with E-state index in [0.29, 0.717) is 23.9 Å². The maximum atomic E-state index is 4.45. The summed E-state index contributed by atoms with van der Waals surface area (Å²) in [5, 5.41) is 6.45. The van der Waals surface area contributed by atoms with E-state index in [1.165, 1.54) is 0 Å². The van der Waals surface area contributed by atoms with E-state index in [2.05, 4.69) is 44.4 Å².